The molecule has 0 saturated carbocycles. The van der Waals surface area contributed by atoms with Gasteiger partial charge in [0.05, 0.1) is 6.42 Å². The van der Waals surface area contributed by atoms with Crippen LogP contribution in [0.2, 0.25) is 15.1 Å². The Morgan fingerprint density at radius 1 is 0.886 bits per heavy atom. The lowest BCUT2D eigenvalue weighted by molar-refractivity contribution is -0.141. The minimum atomic E-state index is -0.732. The fraction of sp³-hybridized carbons (Fsp3) is 0.286. The van der Waals surface area contributed by atoms with Crippen molar-refractivity contribution in [1.29, 1.82) is 0 Å². The first-order valence-corrected chi connectivity index (χ1v) is 12.7. The molecule has 184 valence electrons. The molecule has 0 bridgehead atoms. The van der Waals surface area contributed by atoms with E-state index in [9.17, 15) is 9.59 Å². The Kier molecular flexibility index (Phi) is 10.0. The van der Waals surface area contributed by atoms with E-state index in [4.69, 9.17) is 34.8 Å². The number of rotatable bonds is 10. The molecule has 0 spiro atoms. The summed E-state index contributed by atoms with van der Waals surface area (Å²) in [5, 5.41) is 4.56. The Labute approximate surface area is 222 Å². The second-order valence-electron chi connectivity index (χ2n) is 8.59. The van der Waals surface area contributed by atoms with Crippen LogP contribution in [0.1, 0.15) is 37.0 Å². The Hall–Kier alpha value is -2.53. The third-order valence-electron chi connectivity index (χ3n) is 5.87. The molecule has 0 aliphatic rings. The number of carbonyl (C=O) groups is 2. The Balaban J connectivity index is 2.00. The van der Waals surface area contributed by atoms with Gasteiger partial charge in [0.25, 0.3) is 0 Å². The number of benzene rings is 3. The summed E-state index contributed by atoms with van der Waals surface area (Å²) in [6.45, 7) is 4.12. The van der Waals surface area contributed by atoms with E-state index in [1.165, 1.54) is 0 Å². The monoisotopic (exact) mass is 530 g/mol. The topological polar surface area (TPSA) is 49.4 Å². The number of nitrogens with zero attached hydrogens (tertiary/aromatic N) is 1. The highest BCUT2D eigenvalue weighted by Crippen LogP contribution is 2.25. The third kappa shape index (κ3) is 7.99. The predicted molar refractivity (Wildman–Crippen MR) is 144 cm³/mol. The molecular weight excluding hydrogens is 503 g/mol. The van der Waals surface area contributed by atoms with Crippen LogP contribution in [0.15, 0.2) is 72.8 Å². The highest BCUT2D eigenvalue weighted by atomic mass is 35.5. The van der Waals surface area contributed by atoms with Gasteiger partial charge in [0.2, 0.25) is 11.8 Å². The molecule has 0 aliphatic heterocycles. The van der Waals surface area contributed by atoms with E-state index in [1.54, 1.807) is 35.2 Å². The van der Waals surface area contributed by atoms with E-state index in [0.29, 0.717) is 27.1 Å². The van der Waals surface area contributed by atoms with Crippen LogP contribution in [0.5, 0.6) is 0 Å². The summed E-state index contributed by atoms with van der Waals surface area (Å²) in [7, 11) is 0. The number of amides is 2. The van der Waals surface area contributed by atoms with E-state index in [2.05, 4.69) is 5.32 Å². The fourth-order valence-corrected chi connectivity index (χ4v) is 4.43. The quantitative estimate of drug-likeness (QED) is 0.315. The van der Waals surface area contributed by atoms with Crippen molar-refractivity contribution in [2.75, 3.05) is 0 Å². The molecule has 1 N–H and O–H groups in total. The van der Waals surface area contributed by atoms with Crippen molar-refractivity contribution in [3.63, 3.8) is 0 Å². The molecule has 3 rings (SSSR count). The highest BCUT2D eigenvalue weighted by molar-refractivity contribution is 6.35. The Morgan fingerprint density at radius 2 is 1.57 bits per heavy atom. The number of halogens is 3. The molecule has 3 aromatic rings. The van der Waals surface area contributed by atoms with Crippen LogP contribution in [0.25, 0.3) is 0 Å². The summed E-state index contributed by atoms with van der Waals surface area (Å²) in [4.78, 5) is 28.9. The number of hydrogen-bond donors (Lipinski definition) is 1. The first-order chi connectivity index (χ1) is 16.8. The zero-order valence-corrected chi connectivity index (χ0v) is 22.1. The van der Waals surface area contributed by atoms with Gasteiger partial charge < -0.3 is 10.2 Å². The molecule has 2 atom stereocenters. The van der Waals surface area contributed by atoms with Gasteiger partial charge >= 0.3 is 0 Å². The van der Waals surface area contributed by atoms with Gasteiger partial charge in [-0.1, -0.05) is 90.3 Å². The maximum atomic E-state index is 13.7. The summed E-state index contributed by atoms with van der Waals surface area (Å²) in [6, 6.07) is 21.3. The van der Waals surface area contributed by atoms with Gasteiger partial charge in [-0.3, -0.25) is 9.59 Å². The third-order valence-corrected chi connectivity index (χ3v) is 6.69. The van der Waals surface area contributed by atoms with E-state index in [0.717, 1.165) is 17.5 Å². The van der Waals surface area contributed by atoms with Crippen LogP contribution in [-0.4, -0.2) is 28.8 Å². The first-order valence-electron chi connectivity index (χ1n) is 11.6. The molecule has 0 unspecified atom stereocenters. The van der Waals surface area contributed by atoms with Crippen molar-refractivity contribution >= 4 is 46.6 Å². The van der Waals surface area contributed by atoms with Gasteiger partial charge in [0.1, 0.15) is 6.04 Å². The van der Waals surface area contributed by atoms with Crippen LogP contribution in [0.3, 0.4) is 0 Å². The van der Waals surface area contributed by atoms with Crippen molar-refractivity contribution in [2.24, 2.45) is 0 Å². The largest absolute Gasteiger partial charge is 0.352 e. The van der Waals surface area contributed by atoms with Crippen LogP contribution in [-0.2, 0) is 29.0 Å². The van der Waals surface area contributed by atoms with Crippen molar-refractivity contribution in [3.8, 4) is 0 Å². The van der Waals surface area contributed by atoms with Gasteiger partial charge in [-0.15, -0.1) is 0 Å². The average Bonchev–Trinajstić information content (AvgIpc) is 2.83. The van der Waals surface area contributed by atoms with Gasteiger partial charge in [0.15, 0.2) is 0 Å². The van der Waals surface area contributed by atoms with Crippen molar-refractivity contribution < 1.29 is 9.59 Å². The van der Waals surface area contributed by atoms with Crippen LogP contribution in [0, 0.1) is 0 Å². The summed E-state index contributed by atoms with van der Waals surface area (Å²) >= 11 is 18.7. The lowest BCUT2D eigenvalue weighted by atomic mass is 10.0. The standard InChI is InChI=1S/C28H29Cl3N2O2/c1-3-19(2)32-28(35)26(15-20-8-5-4-6-9-20)33(18-22-12-13-24(30)17-25(22)31)27(34)16-21-10-7-11-23(29)14-21/h4-14,17,19,26H,3,15-16,18H2,1-2H3,(H,32,35)/t19-,26+/m1/s1. The number of nitrogens with one attached hydrogen (secondary N) is 1. The molecule has 0 heterocycles. The van der Waals surface area contributed by atoms with E-state index >= 15 is 0 Å². The molecule has 0 aliphatic carbocycles. The summed E-state index contributed by atoms with van der Waals surface area (Å²) < 4.78 is 0. The molecule has 7 heteroatoms. The second kappa shape index (κ2) is 13.0. The zero-order chi connectivity index (χ0) is 25.4. The predicted octanol–water partition coefficient (Wildman–Crippen LogP) is 6.74. The van der Waals surface area contributed by atoms with E-state index < -0.39 is 6.04 Å². The molecule has 35 heavy (non-hydrogen) atoms. The first kappa shape index (κ1) is 27.1. The fourth-order valence-electron chi connectivity index (χ4n) is 3.75. The summed E-state index contributed by atoms with van der Waals surface area (Å²) in [5.41, 5.74) is 2.44. The lowest BCUT2D eigenvalue weighted by Crippen LogP contribution is -2.52. The number of hydrogen-bond acceptors (Lipinski definition) is 2. The minimum absolute atomic E-state index is 0.0234. The maximum absolute atomic E-state index is 13.7. The highest BCUT2D eigenvalue weighted by Gasteiger charge is 2.31. The maximum Gasteiger partial charge on any atom is 0.243 e. The molecule has 0 saturated heterocycles. The van der Waals surface area contributed by atoms with E-state index in [1.807, 2.05) is 56.3 Å². The van der Waals surface area contributed by atoms with Crippen LogP contribution < -0.4 is 5.32 Å². The van der Waals surface area contributed by atoms with Crippen molar-refractivity contribution in [2.45, 2.75) is 51.7 Å². The Bertz CT molecular complexity index is 1150. The van der Waals surface area contributed by atoms with Crippen molar-refractivity contribution in [1.82, 2.24) is 10.2 Å². The molecule has 4 nitrogen and oxygen atoms in total. The normalized spacial score (nSPS) is 12.6. The zero-order valence-electron chi connectivity index (χ0n) is 19.8. The van der Waals surface area contributed by atoms with Crippen LogP contribution in [0.4, 0.5) is 0 Å². The van der Waals surface area contributed by atoms with Gasteiger partial charge in [-0.2, -0.15) is 0 Å². The molecule has 0 aromatic heterocycles. The lowest BCUT2D eigenvalue weighted by Gasteiger charge is -2.32. The molecular formula is C28H29Cl3N2O2. The van der Waals surface area contributed by atoms with Gasteiger partial charge in [0, 0.05) is 34.1 Å². The van der Waals surface area contributed by atoms with Crippen molar-refractivity contribution in [3.05, 3.63) is 105 Å². The van der Waals surface area contributed by atoms with Crippen LogP contribution >= 0.6 is 34.8 Å². The number of carbonyl (C=O) groups excluding carboxylic acids is 2. The average molecular weight is 532 g/mol. The van der Waals surface area contributed by atoms with Gasteiger partial charge in [-0.05, 0) is 54.3 Å². The molecule has 0 radical (unpaired) electrons. The second-order valence-corrected chi connectivity index (χ2v) is 9.87. The molecule has 0 fully saturated rings. The SMILES string of the molecule is CC[C@@H](C)NC(=O)[C@H](Cc1ccccc1)N(Cc1ccc(Cl)cc1Cl)C(=O)Cc1cccc(Cl)c1. The summed E-state index contributed by atoms with van der Waals surface area (Å²) in [6.07, 6.45) is 1.26. The summed E-state index contributed by atoms with van der Waals surface area (Å²) in [5.74, 6) is -0.397. The molecule has 2 amide bonds. The molecule has 3 aromatic carbocycles. The smallest absolute Gasteiger partial charge is 0.243 e. The van der Waals surface area contributed by atoms with E-state index in [-0.39, 0.29) is 30.8 Å². The Morgan fingerprint density at radius 3 is 2.23 bits per heavy atom. The van der Waals surface area contributed by atoms with Gasteiger partial charge in [-0.25, -0.2) is 0 Å². The minimum Gasteiger partial charge on any atom is -0.352 e.